The highest BCUT2D eigenvalue weighted by molar-refractivity contribution is 7.17. The third-order valence-corrected chi connectivity index (χ3v) is 3.37. The Labute approximate surface area is 109 Å². The molecule has 0 aromatic heterocycles. The summed E-state index contributed by atoms with van der Waals surface area (Å²) in [6, 6.07) is 2.15. The maximum atomic E-state index is 13.9. The summed E-state index contributed by atoms with van der Waals surface area (Å²) in [6.45, 7) is 0. The number of halogens is 4. The zero-order valence-corrected chi connectivity index (χ0v) is 10.8. The maximum absolute atomic E-state index is 13.9. The van der Waals surface area contributed by atoms with Crippen LogP contribution in [0.25, 0.3) is 0 Å². The fourth-order valence-corrected chi connectivity index (χ4v) is 1.98. The van der Waals surface area contributed by atoms with Crippen LogP contribution in [0.1, 0.15) is 34.3 Å². The fraction of sp³-hybridized carbons (Fsp3) is 0.417. The number of hydrogen-bond acceptors (Lipinski definition) is 1. The number of aromatic carboxylic acids is 1. The molecular formula is C12H11F4O2P. The van der Waals surface area contributed by atoms with Crippen LogP contribution in [-0.2, 0) is 11.6 Å². The van der Waals surface area contributed by atoms with Gasteiger partial charge in [0.1, 0.15) is 0 Å². The Morgan fingerprint density at radius 1 is 1.16 bits per heavy atom. The minimum absolute atomic E-state index is 0.316. The van der Waals surface area contributed by atoms with E-state index in [9.17, 15) is 22.4 Å². The van der Waals surface area contributed by atoms with Crippen molar-refractivity contribution in [2.45, 2.75) is 24.4 Å². The summed E-state index contributed by atoms with van der Waals surface area (Å²) in [5, 5.41) is 8.82. The van der Waals surface area contributed by atoms with Gasteiger partial charge in [0.25, 0.3) is 11.6 Å². The second kappa shape index (κ2) is 4.44. The number of carbonyl (C=O) groups is 1. The van der Waals surface area contributed by atoms with Gasteiger partial charge in [-0.25, -0.2) is 13.6 Å². The summed E-state index contributed by atoms with van der Waals surface area (Å²) >= 11 is 0. The summed E-state index contributed by atoms with van der Waals surface area (Å²) in [4.78, 5) is 10.8. The van der Waals surface area contributed by atoms with Crippen molar-refractivity contribution in [1.82, 2.24) is 0 Å². The molecule has 104 valence electrons. The molecule has 7 heteroatoms. The summed E-state index contributed by atoms with van der Waals surface area (Å²) in [5.74, 6) is -5.66. The minimum atomic E-state index is -3.44. The van der Waals surface area contributed by atoms with Gasteiger partial charge >= 0.3 is 5.97 Å². The van der Waals surface area contributed by atoms with E-state index in [2.05, 4.69) is 0 Å². The molecule has 0 saturated heterocycles. The van der Waals surface area contributed by atoms with Crippen molar-refractivity contribution in [3.8, 4) is 0 Å². The monoisotopic (exact) mass is 294 g/mol. The van der Waals surface area contributed by atoms with E-state index in [1.807, 2.05) is 0 Å². The minimum Gasteiger partial charge on any atom is -0.478 e. The molecule has 1 atom stereocenters. The molecule has 0 heterocycles. The predicted octanol–water partition coefficient (Wildman–Crippen LogP) is 3.81. The number of hydrogen-bond donors (Lipinski definition) is 1. The van der Waals surface area contributed by atoms with Gasteiger partial charge in [-0.2, -0.15) is 8.78 Å². The van der Waals surface area contributed by atoms with Gasteiger partial charge in [0.15, 0.2) is 0 Å². The van der Waals surface area contributed by atoms with Crippen LogP contribution in [-0.4, -0.2) is 11.1 Å². The average molecular weight is 294 g/mol. The Hall–Kier alpha value is -1.16. The number of rotatable bonds is 4. The topological polar surface area (TPSA) is 37.3 Å². The number of alkyl halides is 4. The van der Waals surface area contributed by atoms with Crippen LogP contribution in [0.2, 0.25) is 0 Å². The highest BCUT2D eigenvalue weighted by Gasteiger charge is 2.48. The highest BCUT2D eigenvalue weighted by atomic mass is 31.0. The molecule has 0 radical (unpaired) electrons. The molecule has 1 unspecified atom stereocenters. The van der Waals surface area contributed by atoms with Crippen LogP contribution in [0.5, 0.6) is 0 Å². The van der Waals surface area contributed by atoms with Crippen molar-refractivity contribution < 1.29 is 27.5 Å². The van der Waals surface area contributed by atoms with Crippen molar-refractivity contribution in [1.29, 1.82) is 0 Å². The molecule has 19 heavy (non-hydrogen) atoms. The van der Waals surface area contributed by atoms with Gasteiger partial charge in [0.05, 0.1) is 5.56 Å². The predicted molar refractivity (Wildman–Crippen MR) is 63.6 cm³/mol. The lowest BCUT2D eigenvalue weighted by molar-refractivity contribution is -0.0289. The first-order valence-electron chi connectivity index (χ1n) is 5.56. The molecule has 2 nitrogen and oxygen atoms in total. The lowest BCUT2D eigenvalue weighted by Crippen LogP contribution is -2.18. The third kappa shape index (κ3) is 2.89. The van der Waals surface area contributed by atoms with E-state index in [0.29, 0.717) is 25.0 Å². The third-order valence-electron chi connectivity index (χ3n) is 3.04. The molecule has 1 aromatic carbocycles. The molecule has 1 aromatic rings. The second-order valence-corrected chi connectivity index (χ2v) is 5.35. The zero-order chi connectivity index (χ0) is 14.4. The van der Waals surface area contributed by atoms with Gasteiger partial charge in [0, 0.05) is 17.0 Å². The van der Waals surface area contributed by atoms with E-state index in [1.165, 1.54) is 9.24 Å². The molecular weight excluding hydrogens is 283 g/mol. The number of carboxylic acid groups (broad SMARTS) is 1. The molecule has 1 N–H and O–H groups in total. The first-order chi connectivity index (χ1) is 8.62. The SMILES string of the molecule is O=C(O)c1cc(C(F)(F)P)cc(C(F)(F)C2CC2)c1. The van der Waals surface area contributed by atoms with Gasteiger partial charge in [-0.05, 0) is 31.0 Å². The van der Waals surface area contributed by atoms with Crippen LogP contribution in [0.4, 0.5) is 17.6 Å². The summed E-state index contributed by atoms with van der Waals surface area (Å²) in [6.07, 6.45) is 0.633. The first-order valence-corrected chi connectivity index (χ1v) is 6.14. The van der Waals surface area contributed by atoms with E-state index in [1.54, 1.807) is 0 Å². The molecule has 0 spiro atoms. The summed E-state index contributed by atoms with van der Waals surface area (Å²) in [7, 11) is 1.22. The van der Waals surface area contributed by atoms with Gasteiger partial charge in [0.2, 0.25) is 0 Å². The van der Waals surface area contributed by atoms with E-state index in [-0.39, 0.29) is 0 Å². The molecule has 1 saturated carbocycles. The van der Waals surface area contributed by atoms with Crippen LogP contribution < -0.4 is 0 Å². The van der Waals surface area contributed by atoms with Crippen molar-refractivity contribution in [2.24, 2.45) is 5.92 Å². The van der Waals surface area contributed by atoms with Crippen molar-refractivity contribution in [3.05, 3.63) is 34.9 Å². The quantitative estimate of drug-likeness (QED) is 0.677. The smallest absolute Gasteiger partial charge is 0.335 e. The van der Waals surface area contributed by atoms with E-state index >= 15 is 0 Å². The lowest BCUT2D eigenvalue weighted by atomic mass is 9.98. The van der Waals surface area contributed by atoms with Crippen molar-refractivity contribution in [2.75, 3.05) is 0 Å². The van der Waals surface area contributed by atoms with Crippen molar-refractivity contribution in [3.63, 3.8) is 0 Å². The average Bonchev–Trinajstić information content (AvgIpc) is 3.11. The Kier molecular flexibility index (Phi) is 3.33. The Morgan fingerprint density at radius 2 is 1.68 bits per heavy atom. The molecule has 1 fully saturated rings. The van der Waals surface area contributed by atoms with Crippen LogP contribution >= 0.6 is 9.24 Å². The number of carboxylic acids is 1. The van der Waals surface area contributed by atoms with Gasteiger partial charge in [-0.3, -0.25) is 0 Å². The van der Waals surface area contributed by atoms with E-state index in [0.717, 1.165) is 6.07 Å². The highest BCUT2D eigenvalue weighted by Crippen LogP contribution is 2.50. The van der Waals surface area contributed by atoms with Crippen LogP contribution in [0.15, 0.2) is 18.2 Å². The summed E-state index contributed by atoms with van der Waals surface area (Å²) < 4.78 is 54.2. The van der Waals surface area contributed by atoms with Crippen molar-refractivity contribution >= 4 is 15.2 Å². The van der Waals surface area contributed by atoms with E-state index in [4.69, 9.17) is 5.11 Å². The maximum Gasteiger partial charge on any atom is 0.335 e. The largest absolute Gasteiger partial charge is 0.478 e. The standard InChI is InChI=1S/C12H11F4O2P/c13-11(14,7-1-2-7)8-3-6(10(17)18)4-9(5-8)12(15,16)19/h3-5,7H,1-2,19H2,(H,17,18). The number of benzene rings is 1. The molecule has 0 amide bonds. The van der Waals surface area contributed by atoms with Gasteiger partial charge < -0.3 is 5.11 Å². The van der Waals surface area contributed by atoms with Gasteiger partial charge in [-0.15, -0.1) is 0 Å². The molecule has 0 bridgehead atoms. The fourth-order valence-electron chi connectivity index (χ4n) is 1.82. The second-order valence-electron chi connectivity index (χ2n) is 4.62. The van der Waals surface area contributed by atoms with Crippen LogP contribution in [0.3, 0.4) is 0 Å². The normalized spacial score (nSPS) is 16.5. The zero-order valence-electron chi connectivity index (χ0n) is 9.67. The van der Waals surface area contributed by atoms with Crippen LogP contribution in [0, 0.1) is 5.92 Å². The lowest BCUT2D eigenvalue weighted by Gasteiger charge is -2.19. The molecule has 0 aliphatic heterocycles. The Bertz CT molecular complexity index is 521. The molecule has 1 aliphatic carbocycles. The first kappa shape index (κ1) is 14.3. The molecule has 1 aliphatic rings. The Balaban J connectivity index is 2.54. The van der Waals surface area contributed by atoms with E-state index < -0.39 is 40.2 Å². The Morgan fingerprint density at radius 3 is 2.11 bits per heavy atom. The summed E-state index contributed by atoms with van der Waals surface area (Å²) in [5.41, 5.74) is -5.41. The van der Waals surface area contributed by atoms with Gasteiger partial charge in [-0.1, -0.05) is 9.24 Å². The molecule has 2 rings (SSSR count).